The van der Waals surface area contributed by atoms with Gasteiger partial charge in [0.05, 0.1) is 18.2 Å². The van der Waals surface area contributed by atoms with Crippen molar-refractivity contribution in [3.63, 3.8) is 0 Å². The number of nitrogens with zero attached hydrogens (tertiary/aromatic N) is 2. The van der Waals surface area contributed by atoms with Crippen LogP contribution in [0.15, 0.2) is 24.3 Å². The highest BCUT2D eigenvalue weighted by Gasteiger charge is 2.48. The summed E-state index contributed by atoms with van der Waals surface area (Å²) in [5, 5.41) is 10.2. The van der Waals surface area contributed by atoms with Crippen LogP contribution in [0.4, 0.5) is 18.0 Å². The molecule has 2 heterocycles. The molecule has 0 aliphatic carbocycles. The van der Waals surface area contributed by atoms with Crippen molar-refractivity contribution in [2.24, 2.45) is 0 Å². The van der Waals surface area contributed by atoms with Gasteiger partial charge in [-0.3, -0.25) is 9.69 Å². The third kappa shape index (κ3) is 2.67. The number of aliphatic hydroxyl groups excluding tert-OH is 1. The fourth-order valence-corrected chi connectivity index (χ4v) is 3.17. The van der Waals surface area contributed by atoms with E-state index >= 15 is 0 Å². The lowest BCUT2D eigenvalue weighted by Crippen LogP contribution is -2.36. The zero-order valence-electron chi connectivity index (χ0n) is 12.1. The molecule has 1 aromatic rings. The van der Waals surface area contributed by atoms with E-state index in [-0.39, 0.29) is 5.56 Å². The lowest BCUT2D eigenvalue weighted by Gasteiger charge is -2.22. The van der Waals surface area contributed by atoms with Gasteiger partial charge in [0.15, 0.2) is 0 Å². The van der Waals surface area contributed by atoms with E-state index in [1.165, 1.54) is 17.0 Å². The van der Waals surface area contributed by atoms with E-state index in [9.17, 15) is 27.9 Å². The molecule has 2 saturated heterocycles. The summed E-state index contributed by atoms with van der Waals surface area (Å²) >= 11 is 0. The molecular weight excluding hydrogens is 313 g/mol. The van der Waals surface area contributed by atoms with E-state index in [0.29, 0.717) is 13.0 Å². The van der Waals surface area contributed by atoms with Gasteiger partial charge in [-0.2, -0.15) is 13.2 Å². The summed E-state index contributed by atoms with van der Waals surface area (Å²) in [7, 11) is 0. The van der Waals surface area contributed by atoms with Crippen molar-refractivity contribution in [3.8, 4) is 0 Å². The summed E-state index contributed by atoms with van der Waals surface area (Å²) in [6.07, 6.45) is -4.91. The van der Waals surface area contributed by atoms with Gasteiger partial charge in [0.25, 0.3) is 5.91 Å². The second kappa shape index (κ2) is 5.52. The maximum absolute atomic E-state index is 13.0. The fraction of sp³-hybridized carbons (Fsp3) is 0.467. The monoisotopic (exact) mass is 328 g/mol. The van der Waals surface area contributed by atoms with Gasteiger partial charge in [-0.15, -0.1) is 0 Å². The normalized spacial score (nSPS) is 22.7. The van der Waals surface area contributed by atoms with Crippen LogP contribution < -0.4 is 0 Å². The Morgan fingerprint density at radius 2 is 1.96 bits per heavy atom. The molecule has 0 saturated carbocycles. The van der Waals surface area contributed by atoms with E-state index < -0.39 is 42.4 Å². The van der Waals surface area contributed by atoms with Gasteiger partial charge in [-0.1, -0.05) is 18.2 Å². The molecule has 3 amide bonds. The Balaban J connectivity index is 1.82. The number of imide groups is 1. The largest absolute Gasteiger partial charge is 0.416 e. The highest BCUT2D eigenvalue weighted by atomic mass is 19.4. The van der Waals surface area contributed by atoms with Gasteiger partial charge in [-0.05, 0) is 24.5 Å². The van der Waals surface area contributed by atoms with E-state index in [4.69, 9.17) is 0 Å². The number of hydrogen-bond acceptors (Lipinski definition) is 3. The quantitative estimate of drug-likeness (QED) is 0.865. The number of halogens is 3. The number of hydrogen-bond donors (Lipinski definition) is 1. The number of alkyl halides is 3. The van der Waals surface area contributed by atoms with Crippen LogP contribution >= 0.6 is 0 Å². The Kier molecular flexibility index (Phi) is 3.79. The number of fused-ring (bicyclic) bond motifs is 1. The molecule has 0 unspecified atom stereocenters. The maximum atomic E-state index is 13.0. The number of aliphatic hydroxyl groups is 1. The van der Waals surface area contributed by atoms with E-state index in [0.717, 1.165) is 23.5 Å². The van der Waals surface area contributed by atoms with Crippen LogP contribution in [0.25, 0.3) is 0 Å². The van der Waals surface area contributed by atoms with Crippen molar-refractivity contribution in [3.05, 3.63) is 35.4 Å². The van der Waals surface area contributed by atoms with Crippen molar-refractivity contribution in [1.29, 1.82) is 0 Å². The van der Waals surface area contributed by atoms with Crippen LogP contribution in [0.5, 0.6) is 0 Å². The van der Waals surface area contributed by atoms with E-state index in [1.807, 2.05) is 0 Å². The molecule has 2 atom stereocenters. The first-order valence-electron chi connectivity index (χ1n) is 7.27. The van der Waals surface area contributed by atoms with Crippen LogP contribution in [-0.2, 0) is 11.0 Å². The third-order valence-corrected chi connectivity index (χ3v) is 4.26. The lowest BCUT2D eigenvalue weighted by molar-refractivity contribution is -0.139. The molecule has 2 aliphatic heterocycles. The van der Waals surface area contributed by atoms with Crippen LogP contribution in [0.3, 0.4) is 0 Å². The second-order valence-corrected chi connectivity index (χ2v) is 5.68. The topological polar surface area (TPSA) is 60.9 Å². The minimum absolute atomic E-state index is 0.340. The third-order valence-electron chi connectivity index (χ3n) is 4.26. The Morgan fingerprint density at radius 3 is 2.61 bits per heavy atom. The fourth-order valence-electron chi connectivity index (χ4n) is 3.17. The number of benzene rings is 1. The summed E-state index contributed by atoms with van der Waals surface area (Å²) in [6, 6.07) is 3.54. The van der Waals surface area contributed by atoms with Crippen molar-refractivity contribution in [1.82, 2.24) is 9.80 Å². The Hall–Kier alpha value is -2.09. The molecular formula is C15H15F3N2O3. The first kappa shape index (κ1) is 15.8. The molecule has 0 aromatic heterocycles. The van der Waals surface area contributed by atoms with Gasteiger partial charge >= 0.3 is 12.2 Å². The molecule has 0 spiro atoms. The van der Waals surface area contributed by atoms with Crippen molar-refractivity contribution in [2.45, 2.75) is 31.2 Å². The number of carbonyl (C=O) groups is 2. The van der Waals surface area contributed by atoms with Crippen LogP contribution in [0.1, 0.15) is 30.1 Å². The molecule has 23 heavy (non-hydrogen) atoms. The molecule has 3 rings (SSSR count). The number of urea groups is 1. The van der Waals surface area contributed by atoms with Gasteiger partial charge < -0.3 is 10.0 Å². The molecule has 0 radical (unpaired) electrons. The molecule has 0 bridgehead atoms. The first-order valence-corrected chi connectivity index (χ1v) is 7.27. The number of β-amino-alcohol motifs (C(OH)–C–C–N with tert-alkyl or cyclic N) is 1. The summed E-state index contributed by atoms with van der Waals surface area (Å²) in [5.74, 6) is -0.448. The average Bonchev–Trinajstić information content (AvgIpc) is 3.06. The Labute approximate surface area is 130 Å². The summed E-state index contributed by atoms with van der Waals surface area (Å²) < 4.78 is 39.0. The molecule has 1 aromatic carbocycles. The molecule has 5 nitrogen and oxygen atoms in total. The predicted molar refractivity (Wildman–Crippen MR) is 73.2 cm³/mol. The summed E-state index contributed by atoms with van der Waals surface area (Å²) in [6.45, 7) is -0.0151. The zero-order valence-corrected chi connectivity index (χ0v) is 12.1. The minimum Gasteiger partial charge on any atom is -0.387 e. The number of rotatable bonds is 3. The van der Waals surface area contributed by atoms with Crippen LogP contribution in [0.2, 0.25) is 0 Å². The summed E-state index contributed by atoms with van der Waals surface area (Å²) in [5.41, 5.74) is -1.31. The Morgan fingerprint density at radius 1 is 1.26 bits per heavy atom. The van der Waals surface area contributed by atoms with E-state index in [2.05, 4.69) is 0 Å². The molecule has 8 heteroatoms. The van der Waals surface area contributed by atoms with Crippen LogP contribution in [-0.4, -0.2) is 46.0 Å². The SMILES string of the molecule is O=C1[C@H]2CCCN2C(=O)N1C[C@@H](O)c1ccccc1C(F)(F)F. The summed E-state index contributed by atoms with van der Waals surface area (Å²) in [4.78, 5) is 26.6. The van der Waals surface area contributed by atoms with Gasteiger partial charge in [0.2, 0.25) is 0 Å². The lowest BCUT2D eigenvalue weighted by atomic mass is 10.0. The van der Waals surface area contributed by atoms with Crippen molar-refractivity contribution < 1.29 is 27.9 Å². The highest BCUT2D eigenvalue weighted by molar-refractivity contribution is 6.04. The maximum Gasteiger partial charge on any atom is 0.416 e. The van der Waals surface area contributed by atoms with Crippen molar-refractivity contribution >= 4 is 11.9 Å². The first-order chi connectivity index (χ1) is 10.8. The number of amides is 3. The van der Waals surface area contributed by atoms with Gasteiger partial charge in [0, 0.05) is 6.54 Å². The van der Waals surface area contributed by atoms with Gasteiger partial charge in [-0.25, -0.2) is 4.79 Å². The van der Waals surface area contributed by atoms with Crippen LogP contribution in [0, 0.1) is 0 Å². The smallest absolute Gasteiger partial charge is 0.387 e. The average molecular weight is 328 g/mol. The Bertz CT molecular complexity index is 625. The number of carbonyl (C=O) groups excluding carboxylic acids is 2. The molecule has 2 fully saturated rings. The zero-order chi connectivity index (χ0) is 16.8. The molecule has 1 N–H and O–H groups in total. The predicted octanol–water partition coefficient (Wildman–Crippen LogP) is 2.17. The molecule has 124 valence electrons. The van der Waals surface area contributed by atoms with Crippen molar-refractivity contribution in [2.75, 3.05) is 13.1 Å². The minimum atomic E-state index is -4.61. The second-order valence-electron chi connectivity index (χ2n) is 5.68. The standard InChI is InChI=1S/C15H15F3N2O3/c16-15(17,18)10-5-2-1-4-9(10)12(21)8-20-13(22)11-6-3-7-19(11)14(20)23/h1-2,4-5,11-12,21H,3,6-8H2/t11-,12-/m1/s1. The van der Waals surface area contributed by atoms with Gasteiger partial charge in [0.1, 0.15) is 6.04 Å². The van der Waals surface area contributed by atoms with E-state index in [1.54, 1.807) is 0 Å². The highest BCUT2D eigenvalue weighted by Crippen LogP contribution is 2.35. The molecule has 2 aliphatic rings.